The van der Waals surface area contributed by atoms with Gasteiger partial charge in [0.05, 0.1) is 0 Å². The van der Waals surface area contributed by atoms with Crippen molar-refractivity contribution in [3.63, 3.8) is 0 Å². The lowest BCUT2D eigenvalue weighted by Gasteiger charge is -2.05. The smallest absolute Gasteiger partial charge is 0.00956 e. The van der Waals surface area contributed by atoms with Gasteiger partial charge in [-0.15, -0.1) is 0 Å². The third-order valence-electron chi connectivity index (χ3n) is 2.91. The van der Waals surface area contributed by atoms with Crippen LogP contribution in [0.25, 0.3) is 0 Å². The van der Waals surface area contributed by atoms with Gasteiger partial charge >= 0.3 is 0 Å². The van der Waals surface area contributed by atoms with Gasteiger partial charge in [-0.2, -0.15) is 0 Å². The first kappa shape index (κ1) is 4.80. The molecule has 1 heteroatoms. The van der Waals surface area contributed by atoms with E-state index in [0.29, 0.717) is 6.04 Å². The van der Waals surface area contributed by atoms with E-state index in [-0.39, 0.29) is 0 Å². The summed E-state index contributed by atoms with van der Waals surface area (Å²) in [6, 6.07) is 0.593. The van der Waals surface area contributed by atoms with Crippen LogP contribution in [0.4, 0.5) is 0 Å². The number of hydrogen-bond acceptors (Lipinski definition) is 1. The summed E-state index contributed by atoms with van der Waals surface area (Å²) in [6.45, 7) is 0. The van der Waals surface area contributed by atoms with Crippen molar-refractivity contribution in [1.82, 2.24) is 0 Å². The Labute approximate surface area is 50.3 Å². The van der Waals surface area contributed by atoms with E-state index in [9.17, 15) is 0 Å². The molecule has 0 atom stereocenters. The van der Waals surface area contributed by atoms with Crippen LogP contribution in [0.3, 0.4) is 0 Å². The summed E-state index contributed by atoms with van der Waals surface area (Å²) in [5, 5.41) is 0. The fourth-order valence-corrected chi connectivity index (χ4v) is 2.30. The maximum atomic E-state index is 5.88. The predicted molar refractivity (Wildman–Crippen MR) is 33.4 cm³/mol. The highest BCUT2D eigenvalue weighted by Crippen LogP contribution is 2.43. The van der Waals surface area contributed by atoms with Crippen LogP contribution in [0.5, 0.6) is 0 Å². The Morgan fingerprint density at radius 3 is 1.38 bits per heavy atom. The average molecular weight is 111 g/mol. The number of hydrogen-bond donors (Lipinski definition) is 1. The van der Waals surface area contributed by atoms with E-state index >= 15 is 0 Å². The van der Waals surface area contributed by atoms with Crippen molar-refractivity contribution in [1.29, 1.82) is 0 Å². The summed E-state index contributed by atoms with van der Waals surface area (Å²) < 4.78 is 0. The second-order valence-electron chi connectivity index (χ2n) is 3.25. The lowest BCUT2D eigenvalue weighted by Crippen LogP contribution is -2.24. The van der Waals surface area contributed by atoms with Crippen molar-refractivity contribution in [3.8, 4) is 0 Å². The molecule has 46 valence electrons. The van der Waals surface area contributed by atoms with Crippen molar-refractivity contribution >= 4 is 0 Å². The van der Waals surface area contributed by atoms with Gasteiger partial charge < -0.3 is 5.73 Å². The van der Waals surface area contributed by atoms with Gasteiger partial charge in [0.15, 0.2) is 0 Å². The number of nitrogens with two attached hydrogens (primary N) is 1. The van der Waals surface area contributed by atoms with Crippen LogP contribution in [0.1, 0.15) is 25.7 Å². The molecule has 0 aromatic carbocycles. The molecule has 0 spiro atoms. The Morgan fingerprint density at radius 2 is 1.25 bits per heavy atom. The zero-order chi connectivity index (χ0) is 5.56. The zero-order valence-corrected chi connectivity index (χ0v) is 5.14. The molecule has 0 aromatic rings. The van der Waals surface area contributed by atoms with E-state index in [4.69, 9.17) is 5.73 Å². The highest BCUT2D eigenvalue weighted by molar-refractivity contribution is 4.93. The molecule has 0 amide bonds. The summed E-state index contributed by atoms with van der Waals surface area (Å²) in [5.74, 6) is 1.83. The van der Waals surface area contributed by atoms with Gasteiger partial charge in [-0.3, -0.25) is 0 Å². The molecule has 2 rings (SSSR count). The quantitative estimate of drug-likeness (QED) is 0.498. The molecule has 0 saturated heterocycles. The molecule has 2 aliphatic rings. The first-order chi connectivity index (χ1) is 3.88. The maximum absolute atomic E-state index is 5.88. The molecule has 2 saturated carbocycles. The molecule has 0 aliphatic heterocycles. The van der Waals surface area contributed by atoms with Gasteiger partial charge in [0, 0.05) is 6.04 Å². The highest BCUT2D eigenvalue weighted by Gasteiger charge is 2.38. The third-order valence-corrected chi connectivity index (χ3v) is 2.91. The van der Waals surface area contributed by atoms with Crippen LogP contribution < -0.4 is 5.73 Å². The van der Waals surface area contributed by atoms with Crippen LogP contribution in [0.15, 0.2) is 0 Å². The van der Waals surface area contributed by atoms with E-state index in [1.807, 2.05) is 0 Å². The van der Waals surface area contributed by atoms with Crippen molar-refractivity contribution in [3.05, 3.63) is 0 Å². The SMILES string of the molecule is NC1C2CCC1CC2. The summed E-state index contributed by atoms with van der Waals surface area (Å²) >= 11 is 0. The summed E-state index contributed by atoms with van der Waals surface area (Å²) in [6.07, 6.45) is 5.69. The molecule has 2 bridgehead atoms. The van der Waals surface area contributed by atoms with Crippen LogP contribution in [-0.2, 0) is 0 Å². The van der Waals surface area contributed by atoms with E-state index in [0.717, 1.165) is 11.8 Å². The molecule has 2 fully saturated rings. The van der Waals surface area contributed by atoms with Gasteiger partial charge in [-0.1, -0.05) is 0 Å². The van der Waals surface area contributed by atoms with E-state index in [1.54, 1.807) is 0 Å². The molecular weight excluding hydrogens is 98.1 g/mol. The van der Waals surface area contributed by atoms with Crippen molar-refractivity contribution in [2.24, 2.45) is 17.6 Å². The number of rotatable bonds is 0. The molecule has 2 aliphatic carbocycles. The minimum Gasteiger partial charge on any atom is -0.327 e. The first-order valence-corrected chi connectivity index (χ1v) is 3.63. The second-order valence-corrected chi connectivity index (χ2v) is 3.25. The summed E-state index contributed by atoms with van der Waals surface area (Å²) in [5.41, 5.74) is 5.88. The zero-order valence-electron chi connectivity index (χ0n) is 5.14. The predicted octanol–water partition coefficient (Wildman–Crippen LogP) is 1.13. The normalized spacial score (nSPS) is 52.9. The summed E-state index contributed by atoms with van der Waals surface area (Å²) in [4.78, 5) is 0. The lowest BCUT2D eigenvalue weighted by atomic mass is 10.0. The monoisotopic (exact) mass is 111 g/mol. The Kier molecular flexibility index (Phi) is 0.884. The average Bonchev–Trinajstić information content (AvgIpc) is 2.29. The van der Waals surface area contributed by atoms with Gasteiger partial charge in [0.2, 0.25) is 0 Å². The van der Waals surface area contributed by atoms with Crippen molar-refractivity contribution in [2.45, 2.75) is 31.7 Å². The third kappa shape index (κ3) is 0.455. The minimum atomic E-state index is 0.593. The van der Waals surface area contributed by atoms with Crippen molar-refractivity contribution in [2.75, 3.05) is 0 Å². The van der Waals surface area contributed by atoms with Crippen molar-refractivity contribution < 1.29 is 0 Å². The first-order valence-electron chi connectivity index (χ1n) is 3.63. The molecule has 8 heavy (non-hydrogen) atoms. The molecule has 2 N–H and O–H groups in total. The summed E-state index contributed by atoms with van der Waals surface area (Å²) in [7, 11) is 0. The highest BCUT2D eigenvalue weighted by atomic mass is 14.7. The van der Waals surface area contributed by atoms with Gasteiger partial charge in [0.25, 0.3) is 0 Å². The van der Waals surface area contributed by atoms with Crippen LogP contribution in [-0.4, -0.2) is 6.04 Å². The molecule has 1 nitrogen and oxygen atoms in total. The fourth-order valence-electron chi connectivity index (χ4n) is 2.30. The molecular formula is C7H13N. The Bertz CT molecular complexity index is 80.6. The second kappa shape index (κ2) is 1.47. The fraction of sp³-hybridized carbons (Fsp3) is 1.00. The number of fused-ring (bicyclic) bond motifs is 2. The van der Waals surface area contributed by atoms with E-state index in [2.05, 4.69) is 0 Å². The van der Waals surface area contributed by atoms with Crippen LogP contribution in [0.2, 0.25) is 0 Å². The van der Waals surface area contributed by atoms with Crippen LogP contribution in [0, 0.1) is 11.8 Å². The topological polar surface area (TPSA) is 26.0 Å². The lowest BCUT2D eigenvalue weighted by molar-refractivity contribution is 0.480. The van der Waals surface area contributed by atoms with E-state index in [1.165, 1.54) is 25.7 Å². The van der Waals surface area contributed by atoms with Gasteiger partial charge in [-0.25, -0.2) is 0 Å². The largest absolute Gasteiger partial charge is 0.327 e. The maximum Gasteiger partial charge on any atom is 0.00956 e. The van der Waals surface area contributed by atoms with Crippen LogP contribution >= 0.6 is 0 Å². The molecule has 0 unspecified atom stereocenters. The minimum absolute atomic E-state index is 0.593. The molecule has 0 radical (unpaired) electrons. The van der Waals surface area contributed by atoms with Gasteiger partial charge in [0.1, 0.15) is 0 Å². The Hall–Kier alpha value is -0.0400. The molecule has 0 heterocycles. The standard InChI is InChI=1S/C7H13N/c8-7-5-1-2-6(7)4-3-5/h5-7H,1-4,8H2. The van der Waals surface area contributed by atoms with E-state index < -0.39 is 0 Å². The Morgan fingerprint density at radius 1 is 0.875 bits per heavy atom. The van der Waals surface area contributed by atoms with Gasteiger partial charge in [-0.05, 0) is 37.5 Å². The Balaban J connectivity index is 2.16. The molecule has 0 aromatic heterocycles.